The van der Waals surface area contributed by atoms with Crippen LogP contribution in [-0.4, -0.2) is 44.6 Å². The summed E-state index contributed by atoms with van der Waals surface area (Å²) in [6, 6.07) is 5.34. The second-order valence-corrected chi connectivity index (χ2v) is 5.23. The molecule has 0 amide bonds. The van der Waals surface area contributed by atoms with Gasteiger partial charge in [-0.1, -0.05) is 22.0 Å². The van der Waals surface area contributed by atoms with Gasteiger partial charge in [-0.05, 0) is 30.7 Å². The third kappa shape index (κ3) is 5.58. The van der Waals surface area contributed by atoms with Gasteiger partial charge in [-0.3, -0.25) is 0 Å². The van der Waals surface area contributed by atoms with Crippen LogP contribution in [-0.2, 0) is 16.0 Å². The smallest absolute Gasteiger partial charge is 0.337 e. The molecule has 0 aliphatic carbocycles. The molecule has 0 aliphatic rings. The molecule has 1 atom stereocenters. The third-order valence-corrected chi connectivity index (χ3v) is 3.54. The molecule has 112 valence electrons. The molecule has 0 saturated heterocycles. The van der Waals surface area contributed by atoms with Crippen LogP contribution in [0.25, 0.3) is 0 Å². The summed E-state index contributed by atoms with van der Waals surface area (Å²) in [4.78, 5) is 11.4. The van der Waals surface area contributed by atoms with Gasteiger partial charge in [0.05, 0.1) is 25.4 Å². The lowest BCUT2D eigenvalue weighted by Crippen LogP contribution is -2.23. The molecule has 20 heavy (non-hydrogen) atoms. The Balaban J connectivity index is 2.43. The zero-order chi connectivity index (χ0) is 15.0. The van der Waals surface area contributed by atoms with Gasteiger partial charge >= 0.3 is 5.97 Å². The number of carbonyl (C=O) groups excluding carboxylic acids is 1. The van der Waals surface area contributed by atoms with E-state index in [9.17, 15) is 9.90 Å². The molecule has 1 aromatic rings. The van der Waals surface area contributed by atoms with Crippen LogP contribution in [0.1, 0.15) is 22.3 Å². The van der Waals surface area contributed by atoms with Crippen LogP contribution in [0.3, 0.4) is 0 Å². The first kappa shape index (κ1) is 17.1. The van der Waals surface area contributed by atoms with Gasteiger partial charge in [-0.15, -0.1) is 0 Å². The summed E-state index contributed by atoms with van der Waals surface area (Å²) >= 11 is 3.43. The van der Waals surface area contributed by atoms with Gasteiger partial charge in [0.2, 0.25) is 0 Å². The number of halogens is 1. The highest BCUT2D eigenvalue weighted by Gasteiger charge is 2.08. The maximum absolute atomic E-state index is 11.4. The number of methoxy groups -OCH3 is 2. The molecule has 6 heteroatoms. The molecule has 0 fully saturated rings. The Morgan fingerprint density at radius 2 is 2.20 bits per heavy atom. The maximum atomic E-state index is 11.4. The number of esters is 1. The summed E-state index contributed by atoms with van der Waals surface area (Å²) in [5.41, 5.74) is 1.55. The second-order valence-electron chi connectivity index (χ2n) is 4.37. The van der Waals surface area contributed by atoms with Crippen molar-refractivity contribution in [2.45, 2.75) is 19.1 Å². The van der Waals surface area contributed by atoms with Crippen molar-refractivity contribution in [1.29, 1.82) is 0 Å². The molecule has 0 aliphatic heterocycles. The molecule has 2 N–H and O–H groups in total. The predicted octanol–water partition coefficient (Wildman–Crippen LogP) is 1.72. The number of hydrogen-bond donors (Lipinski definition) is 2. The van der Waals surface area contributed by atoms with Crippen LogP contribution < -0.4 is 5.32 Å². The largest absolute Gasteiger partial charge is 0.465 e. The summed E-state index contributed by atoms with van der Waals surface area (Å²) in [5, 5.41) is 12.7. The average Bonchev–Trinajstić information content (AvgIpc) is 2.44. The van der Waals surface area contributed by atoms with E-state index in [1.807, 2.05) is 6.07 Å². The van der Waals surface area contributed by atoms with E-state index in [0.29, 0.717) is 31.7 Å². The van der Waals surface area contributed by atoms with E-state index in [1.165, 1.54) is 7.11 Å². The summed E-state index contributed by atoms with van der Waals surface area (Å²) in [6.45, 7) is 1.69. The van der Waals surface area contributed by atoms with E-state index in [4.69, 9.17) is 4.74 Å². The van der Waals surface area contributed by atoms with E-state index in [-0.39, 0.29) is 5.97 Å². The van der Waals surface area contributed by atoms with Crippen molar-refractivity contribution in [3.05, 3.63) is 33.8 Å². The molecular weight excluding hydrogens is 326 g/mol. The maximum Gasteiger partial charge on any atom is 0.337 e. The monoisotopic (exact) mass is 345 g/mol. The number of rotatable bonds is 8. The predicted molar refractivity (Wildman–Crippen MR) is 79.7 cm³/mol. The number of nitrogens with one attached hydrogen (secondary N) is 1. The highest BCUT2D eigenvalue weighted by molar-refractivity contribution is 9.10. The normalized spacial score (nSPS) is 12.2. The number of aliphatic hydroxyl groups is 1. The van der Waals surface area contributed by atoms with Crippen LogP contribution in [0, 0.1) is 0 Å². The Hall–Kier alpha value is -0.950. The van der Waals surface area contributed by atoms with Gasteiger partial charge in [0, 0.05) is 18.1 Å². The first-order chi connectivity index (χ1) is 9.58. The number of hydrogen-bond acceptors (Lipinski definition) is 5. The third-order valence-electron chi connectivity index (χ3n) is 2.80. The van der Waals surface area contributed by atoms with Crippen LogP contribution >= 0.6 is 15.9 Å². The van der Waals surface area contributed by atoms with Crippen molar-refractivity contribution in [3.8, 4) is 0 Å². The fourth-order valence-electron chi connectivity index (χ4n) is 1.70. The molecule has 0 heterocycles. The summed E-state index contributed by atoms with van der Waals surface area (Å²) in [7, 11) is 2.92. The lowest BCUT2D eigenvalue weighted by atomic mass is 10.1. The van der Waals surface area contributed by atoms with Crippen LogP contribution in [0.4, 0.5) is 0 Å². The Labute approximate surface area is 127 Å². The molecule has 0 aromatic heterocycles. The Bertz CT molecular complexity index is 439. The van der Waals surface area contributed by atoms with Gasteiger partial charge in [-0.25, -0.2) is 4.79 Å². The highest BCUT2D eigenvalue weighted by Crippen LogP contribution is 2.19. The lowest BCUT2D eigenvalue weighted by molar-refractivity contribution is 0.0592. The standard InChI is InChI=1S/C14H20BrNO4/c1-19-9-12(17)5-6-16-8-11-4-3-10(7-13(11)15)14(18)20-2/h3-4,7,12,16-17H,5-6,8-9H2,1-2H3. The van der Waals surface area contributed by atoms with Gasteiger partial charge < -0.3 is 19.9 Å². The second kappa shape index (κ2) is 9.07. The molecule has 0 saturated carbocycles. The number of carbonyl (C=O) groups is 1. The van der Waals surface area contributed by atoms with Gasteiger partial charge in [0.1, 0.15) is 0 Å². The minimum atomic E-state index is -0.447. The first-order valence-electron chi connectivity index (χ1n) is 6.33. The Morgan fingerprint density at radius 3 is 2.80 bits per heavy atom. The minimum absolute atomic E-state index is 0.346. The van der Waals surface area contributed by atoms with Crippen molar-refractivity contribution in [1.82, 2.24) is 5.32 Å². The highest BCUT2D eigenvalue weighted by atomic mass is 79.9. The molecular formula is C14H20BrNO4. The lowest BCUT2D eigenvalue weighted by Gasteiger charge is -2.11. The molecule has 0 radical (unpaired) electrons. The number of benzene rings is 1. The topological polar surface area (TPSA) is 67.8 Å². The molecule has 1 unspecified atom stereocenters. The van der Waals surface area contributed by atoms with Gasteiger partial charge in [0.25, 0.3) is 0 Å². The van der Waals surface area contributed by atoms with Gasteiger partial charge in [-0.2, -0.15) is 0 Å². The van der Waals surface area contributed by atoms with Crippen LogP contribution in [0.15, 0.2) is 22.7 Å². The summed E-state index contributed by atoms with van der Waals surface area (Å²) in [6.07, 6.45) is 0.184. The summed E-state index contributed by atoms with van der Waals surface area (Å²) < 4.78 is 10.4. The van der Waals surface area contributed by atoms with E-state index < -0.39 is 6.10 Å². The molecule has 5 nitrogen and oxygen atoms in total. The fraction of sp³-hybridized carbons (Fsp3) is 0.500. The number of aliphatic hydroxyl groups excluding tert-OH is 1. The minimum Gasteiger partial charge on any atom is -0.465 e. The van der Waals surface area contributed by atoms with Crippen molar-refractivity contribution < 1.29 is 19.4 Å². The van der Waals surface area contributed by atoms with E-state index in [2.05, 4.69) is 26.0 Å². The molecule has 1 aromatic carbocycles. The average molecular weight is 346 g/mol. The van der Waals surface area contributed by atoms with Crippen molar-refractivity contribution in [2.75, 3.05) is 27.4 Å². The van der Waals surface area contributed by atoms with Gasteiger partial charge in [0.15, 0.2) is 0 Å². The number of ether oxygens (including phenoxy) is 2. The first-order valence-corrected chi connectivity index (χ1v) is 7.12. The van der Waals surface area contributed by atoms with Crippen LogP contribution in [0.2, 0.25) is 0 Å². The zero-order valence-electron chi connectivity index (χ0n) is 11.7. The Morgan fingerprint density at radius 1 is 1.45 bits per heavy atom. The molecule has 1 rings (SSSR count). The van der Waals surface area contributed by atoms with E-state index in [1.54, 1.807) is 19.2 Å². The van der Waals surface area contributed by atoms with Crippen molar-refractivity contribution >= 4 is 21.9 Å². The fourth-order valence-corrected chi connectivity index (χ4v) is 2.22. The van der Waals surface area contributed by atoms with E-state index >= 15 is 0 Å². The van der Waals surface area contributed by atoms with Crippen LogP contribution in [0.5, 0.6) is 0 Å². The quantitative estimate of drug-likeness (QED) is 0.554. The van der Waals surface area contributed by atoms with E-state index in [0.717, 1.165) is 10.0 Å². The molecule has 0 spiro atoms. The zero-order valence-corrected chi connectivity index (χ0v) is 13.3. The Kier molecular flexibility index (Phi) is 7.76. The SMILES string of the molecule is COCC(O)CCNCc1ccc(C(=O)OC)cc1Br. The van der Waals surface area contributed by atoms with Crippen molar-refractivity contribution in [3.63, 3.8) is 0 Å². The summed E-state index contributed by atoms with van der Waals surface area (Å²) in [5.74, 6) is -0.354. The van der Waals surface area contributed by atoms with Crippen molar-refractivity contribution in [2.24, 2.45) is 0 Å². The molecule has 0 bridgehead atoms.